The molecule has 0 bridgehead atoms. The summed E-state index contributed by atoms with van der Waals surface area (Å²) in [7, 11) is -1.45. The molecule has 4 rings (SSSR count). The van der Waals surface area contributed by atoms with E-state index in [1.807, 2.05) is 18.2 Å². The maximum atomic E-state index is 12.0. The van der Waals surface area contributed by atoms with Crippen molar-refractivity contribution in [2.75, 3.05) is 29.6 Å². The molecule has 0 radical (unpaired) electrons. The van der Waals surface area contributed by atoms with E-state index in [0.717, 1.165) is 47.7 Å². The number of H-pyrrole nitrogens is 1. The van der Waals surface area contributed by atoms with Crippen LogP contribution in [0, 0.1) is 0 Å². The normalized spacial score (nSPS) is 16.8. The highest BCUT2D eigenvalue weighted by Crippen LogP contribution is 2.33. The second-order valence-corrected chi connectivity index (χ2v) is 7.88. The molecule has 9 heteroatoms. The van der Waals surface area contributed by atoms with Crippen molar-refractivity contribution in [2.24, 2.45) is 0 Å². The summed E-state index contributed by atoms with van der Waals surface area (Å²) in [5, 5.41) is 13.1. The van der Waals surface area contributed by atoms with E-state index in [2.05, 4.69) is 30.2 Å². The largest absolute Gasteiger partial charge is 0.393 e. The van der Waals surface area contributed by atoms with Gasteiger partial charge in [0.05, 0.1) is 23.8 Å². The molecule has 1 saturated heterocycles. The first kappa shape index (κ1) is 16.9. The van der Waals surface area contributed by atoms with Crippen LogP contribution in [-0.2, 0) is 15.0 Å². The van der Waals surface area contributed by atoms with E-state index < -0.39 is 10.8 Å². The summed E-state index contributed by atoms with van der Waals surface area (Å²) < 4.78 is 12.0. The lowest BCUT2D eigenvalue weighted by molar-refractivity contribution is 0.145. The molecule has 1 aliphatic heterocycles. The molecule has 3 N–H and O–H groups in total. The number of imidazole rings is 1. The number of aromatic nitrogens is 4. The van der Waals surface area contributed by atoms with E-state index in [0.29, 0.717) is 11.5 Å². The summed E-state index contributed by atoms with van der Waals surface area (Å²) in [6.07, 6.45) is 5.98. The minimum atomic E-state index is -1.45. The standard InChI is InChI=1S/C17H20N6O2S/c1-26(25)12-2-3-14(23-6-4-11(24)5-7-23)13(8-12)22-17-15-16(19-9-18-15)20-10-21-17/h2-3,8-11,24H,4-7H2,1H3,(H2,18,19,20,21,22)/p+1. The van der Waals surface area contributed by atoms with Gasteiger partial charge in [0.1, 0.15) is 28.9 Å². The topological polar surface area (TPSA) is 107 Å². The Morgan fingerprint density at radius 2 is 2.08 bits per heavy atom. The Bertz CT molecular complexity index is 951. The first-order valence-electron chi connectivity index (χ1n) is 8.51. The van der Waals surface area contributed by atoms with Crippen molar-refractivity contribution in [3.8, 4) is 0 Å². The van der Waals surface area contributed by atoms with Crippen LogP contribution in [0.3, 0.4) is 0 Å². The van der Waals surface area contributed by atoms with Gasteiger partial charge in [-0.3, -0.25) is 0 Å². The molecule has 0 aliphatic carbocycles. The van der Waals surface area contributed by atoms with Gasteiger partial charge in [-0.1, -0.05) is 0 Å². The summed E-state index contributed by atoms with van der Waals surface area (Å²) >= 11 is 0. The fraction of sp³-hybridized carbons (Fsp3) is 0.353. The Balaban J connectivity index is 1.73. The predicted octanol–water partition coefficient (Wildman–Crippen LogP) is 1.74. The molecular weight excluding hydrogens is 352 g/mol. The lowest BCUT2D eigenvalue weighted by atomic mass is 10.1. The van der Waals surface area contributed by atoms with E-state index >= 15 is 0 Å². The molecule has 1 aromatic carbocycles. The van der Waals surface area contributed by atoms with Crippen LogP contribution in [0.5, 0.6) is 0 Å². The first-order valence-corrected chi connectivity index (χ1v) is 10.2. The highest BCUT2D eigenvalue weighted by atomic mass is 32.2. The Kier molecular flexibility index (Phi) is 4.56. The maximum Gasteiger partial charge on any atom is 0.182 e. The van der Waals surface area contributed by atoms with Gasteiger partial charge < -0.3 is 20.3 Å². The Labute approximate surface area is 153 Å². The lowest BCUT2D eigenvalue weighted by Gasteiger charge is -2.32. The van der Waals surface area contributed by atoms with E-state index in [1.54, 1.807) is 12.6 Å². The third-order valence-electron chi connectivity index (χ3n) is 4.62. The number of thiol groups is 1. The average molecular weight is 373 g/mol. The van der Waals surface area contributed by atoms with Crippen molar-refractivity contribution in [3.05, 3.63) is 30.9 Å². The van der Waals surface area contributed by atoms with Crippen LogP contribution in [0.25, 0.3) is 11.2 Å². The van der Waals surface area contributed by atoms with E-state index in [9.17, 15) is 9.32 Å². The molecule has 26 heavy (non-hydrogen) atoms. The number of aliphatic hydroxyl groups excluding tert-OH is 1. The number of piperidine rings is 1. The van der Waals surface area contributed by atoms with Crippen molar-refractivity contribution in [2.45, 2.75) is 23.8 Å². The average Bonchev–Trinajstić information content (AvgIpc) is 3.12. The minimum absolute atomic E-state index is 0.237. The molecule has 0 spiro atoms. The fourth-order valence-corrected chi connectivity index (χ4v) is 3.79. The van der Waals surface area contributed by atoms with E-state index in [-0.39, 0.29) is 6.10 Å². The third kappa shape index (κ3) is 3.27. The van der Waals surface area contributed by atoms with Crippen molar-refractivity contribution in [1.29, 1.82) is 0 Å². The Morgan fingerprint density at radius 3 is 2.85 bits per heavy atom. The van der Waals surface area contributed by atoms with Crippen LogP contribution in [0.15, 0.2) is 35.7 Å². The quantitative estimate of drug-likeness (QED) is 0.472. The number of nitrogens with zero attached hydrogens (tertiary/aromatic N) is 4. The van der Waals surface area contributed by atoms with E-state index in [1.165, 1.54) is 6.33 Å². The molecule has 1 unspecified atom stereocenters. The first-order chi connectivity index (χ1) is 12.6. The zero-order chi connectivity index (χ0) is 18.1. The number of benzene rings is 1. The highest BCUT2D eigenvalue weighted by Gasteiger charge is 2.21. The van der Waals surface area contributed by atoms with Crippen molar-refractivity contribution in [1.82, 2.24) is 19.9 Å². The lowest BCUT2D eigenvalue weighted by Crippen LogP contribution is -2.36. The molecule has 3 aromatic rings. The zero-order valence-corrected chi connectivity index (χ0v) is 15.3. The second kappa shape index (κ2) is 7.00. The van der Waals surface area contributed by atoms with Gasteiger partial charge in [-0.25, -0.2) is 15.0 Å². The van der Waals surface area contributed by atoms with Crippen LogP contribution in [-0.4, -0.2) is 50.5 Å². The molecule has 2 aromatic heterocycles. The van der Waals surface area contributed by atoms with Gasteiger partial charge in [-0.15, -0.1) is 4.21 Å². The van der Waals surface area contributed by atoms with Gasteiger partial charge in [0.25, 0.3) is 0 Å². The van der Waals surface area contributed by atoms with Gasteiger partial charge in [-0.2, -0.15) is 0 Å². The highest BCUT2D eigenvalue weighted by molar-refractivity contribution is 7.84. The van der Waals surface area contributed by atoms with Crippen molar-refractivity contribution in [3.63, 3.8) is 0 Å². The number of hydrogen-bond acceptors (Lipinski definition) is 7. The van der Waals surface area contributed by atoms with Gasteiger partial charge >= 0.3 is 0 Å². The number of anilines is 3. The number of aliphatic hydroxyl groups is 1. The summed E-state index contributed by atoms with van der Waals surface area (Å²) in [4.78, 5) is 18.7. The molecule has 8 nitrogen and oxygen atoms in total. The molecular formula is C17H21N6O2S+. The maximum absolute atomic E-state index is 12.0. The predicted molar refractivity (Wildman–Crippen MR) is 102 cm³/mol. The Morgan fingerprint density at radius 1 is 1.27 bits per heavy atom. The molecule has 1 fully saturated rings. The SMILES string of the molecule is C[SH+](=O)c1ccc(N2CCC(O)CC2)c(Nc2ncnc3nc[nH]c23)c1. The van der Waals surface area contributed by atoms with Crippen LogP contribution in [0.4, 0.5) is 17.2 Å². The van der Waals surface area contributed by atoms with Gasteiger partial charge in [0, 0.05) is 19.2 Å². The van der Waals surface area contributed by atoms with Gasteiger partial charge in [0.2, 0.25) is 0 Å². The van der Waals surface area contributed by atoms with Gasteiger partial charge in [-0.05, 0) is 25.0 Å². The zero-order valence-electron chi connectivity index (χ0n) is 14.4. The summed E-state index contributed by atoms with van der Waals surface area (Å²) in [6.45, 7) is 1.55. The minimum Gasteiger partial charge on any atom is -0.393 e. The molecule has 1 atom stereocenters. The number of rotatable bonds is 4. The van der Waals surface area contributed by atoms with Crippen LogP contribution >= 0.6 is 0 Å². The smallest absolute Gasteiger partial charge is 0.182 e. The number of hydrogen-bond donors (Lipinski definition) is 3. The molecule has 3 heterocycles. The summed E-state index contributed by atoms with van der Waals surface area (Å²) in [6, 6.07) is 5.79. The molecule has 1 aliphatic rings. The van der Waals surface area contributed by atoms with Crippen molar-refractivity contribution >= 4 is 39.2 Å². The number of fused-ring (bicyclic) bond motifs is 1. The van der Waals surface area contributed by atoms with Crippen LogP contribution in [0.2, 0.25) is 0 Å². The van der Waals surface area contributed by atoms with Crippen LogP contribution in [0.1, 0.15) is 12.8 Å². The number of aromatic amines is 1. The number of nitrogens with one attached hydrogen (secondary N) is 2. The molecule has 0 saturated carbocycles. The second-order valence-electron chi connectivity index (χ2n) is 6.37. The van der Waals surface area contributed by atoms with Crippen LogP contribution < -0.4 is 10.2 Å². The van der Waals surface area contributed by atoms with Gasteiger partial charge in [0.15, 0.2) is 16.4 Å². The Hall–Kier alpha value is -2.52. The molecule has 0 amide bonds. The summed E-state index contributed by atoms with van der Waals surface area (Å²) in [5.74, 6) is 0.620. The van der Waals surface area contributed by atoms with E-state index in [4.69, 9.17) is 0 Å². The monoisotopic (exact) mass is 373 g/mol. The fourth-order valence-electron chi connectivity index (χ4n) is 3.19. The summed E-state index contributed by atoms with van der Waals surface area (Å²) in [5.41, 5.74) is 3.14. The molecule has 136 valence electrons. The third-order valence-corrected chi connectivity index (χ3v) is 5.63. The van der Waals surface area contributed by atoms with Crippen molar-refractivity contribution < 1.29 is 9.32 Å².